The van der Waals surface area contributed by atoms with Crippen LogP contribution in [0.4, 0.5) is 0 Å². The van der Waals surface area contributed by atoms with E-state index in [2.05, 4.69) is 64.9 Å². The first-order valence-electron chi connectivity index (χ1n) is 9.87. The second-order valence-electron chi connectivity index (χ2n) is 8.56. The summed E-state index contributed by atoms with van der Waals surface area (Å²) >= 11 is 0. The standard InChI is InChI=1S/C22H29N5/c1-15-10-18(11-16(2)23-15)12-22(4)8-5-9-27(14-22)13-19-6-7-20-21(26-19)25-17(3)24-20/h6-7,10-11H,5,8-9,12-14H2,1-4H3,(H,24,25,26)/t22-/m1/s1. The molecule has 1 atom stereocenters. The molecule has 1 aliphatic heterocycles. The van der Waals surface area contributed by atoms with E-state index < -0.39 is 0 Å². The molecule has 0 amide bonds. The van der Waals surface area contributed by atoms with Gasteiger partial charge >= 0.3 is 0 Å². The lowest BCUT2D eigenvalue weighted by atomic mass is 9.77. The van der Waals surface area contributed by atoms with Crippen molar-refractivity contribution in [2.75, 3.05) is 13.1 Å². The highest BCUT2D eigenvalue weighted by atomic mass is 15.1. The van der Waals surface area contributed by atoms with Crippen LogP contribution in [0, 0.1) is 26.2 Å². The molecule has 5 heteroatoms. The van der Waals surface area contributed by atoms with Gasteiger partial charge in [-0.05, 0) is 81.8 Å². The normalized spacial score (nSPS) is 21.0. The van der Waals surface area contributed by atoms with Crippen LogP contribution in [0.2, 0.25) is 0 Å². The summed E-state index contributed by atoms with van der Waals surface area (Å²) in [4.78, 5) is 19.5. The summed E-state index contributed by atoms with van der Waals surface area (Å²) in [5, 5.41) is 0. The van der Waals surface area contributed by atoms with Gasteiger partial charge in [-0.3, -0.25) is 9.88 Å². The summed E-state index contributed by atoms with van der Waals surface area (Å²) in [5.41, 5.74) is 6.90. The first-order chi connectivity index (χ1) is 12.9. The molecule has 0 saturated carbocycles. The summed E-state index contributed by atoms with van der Waals surface area (Å²) in [7, 11) is 0. The van der Waals surface area contributed by atoms with Gasteiger partial charge in [0.1, 0.15) is 5.82 Å². The van der Waals surface area contributed by atoms with Crippen LogP contribution in [-0.4, -0.2) is 37.9 Å². The first-order valence-corrected chi connectivity index (χ1v) is 9.87. The average molecular weight is 364 g/mol. The number of pyridine rings is 2. The predicted octanol–water partition coefficient (Wildman–Crippen LogP) is 4.12. The molecular formula is C22H29N5. The number of hydrogen-bond acceptors (Lipinski definition) is 4. The Balaban J connectivity index is 1.47. The van der Waals surface area contributed by atoms with Crippen LogP contribution in [-0.2, 0) is 13.0 Å². The second-order valence-corrected chi connectivity index (χ2v) is 8.56. The maximum atomic E-state index is 4.75. The minimum absolute atomic E-state index is 0.297. The average Bonchev–Trinajstić information content (AvgIpc) is 2.92. The number of imidazole rings is 1. The van der Waals surface area contributed by atoms with E-state index in [1.54, 1.807) is 0 Å². The monoisotopic (exact) mass is 363 g/mol. The lowest BCUT2D eigenvalue weighted by Crippen LogP contribution is -2.42. The summed E-state index contributed by atoms with van der Waals surface area (Å²) < 4.78 is 0. The van der Waals surface area contributed by atoms with E-state index in [-0.39, 0.29) is 0 Å². The zero-order valence-corrected chi connectivity index (χ0v) is 16.8. The number of H-pyrrole nitrogens is 1. The summed E-state index contributed by atoms with van der Waals surface area (Å²) in [5.74, 6) is 0.920. The molecule has 0 unspecified atom stereocenters. The van der Waals surface area contributed by atoms with E-state index in [0.29, 0.717) is 5.41 Å². The molecule has 0 aromatic carbocycles. The fourth-order valence-electron chi connectivity index (χ4n) is 4.59. The minimum Gasteiger partial charge on any atom is -0.341 e. The SMILES string of the molecule is Cc1cc(C[C@@]2(C)CCCN(Cc3ccc4[nH]c(C)nc4n3)C2)cc(C)n1. The molecule has 4 heterocycles. The van der Waals surface area contributed by atoms with Crippen LogP contribution in [0.15, 0.2) is 24.3 Å². The maximum absolute atomic E-state index is 4.75. The Bertz CT molecular complexity index is 940. The van der Waals surface area contributed by atoms with E-state index in [4.69, 9.17) is 4.98 Å². The Morgan fingerprint density at radius 1 is 1.07 bits per heavy atom. The quantitative estimate of drug-likeness (QED) is 0.757. The van der Waals surface area contributed by atoms with Crippen molar-refractivity contribution < 1.29 is 0 Å². The molecule has 1 saturated heterocycles. The largest absolute Gasteiger partial charge is 0.341 e. The van der Waals surface area contributed by atoms with Gasteiger partial charge in [0.2, 0.25) is 0 Å². The zero-order valence-electron chi connectivity index (χ0n) is 16.8. The highest BCUT2D eigenvalue weighted by Gasteiger charge is 2.31. The molecule has 0 spiro atoms. The molecule has 27 heavy (non-hydrogen) atoms. The fraction of sp³-hybridized carbons (Fsp3) is 0.500. The zero-order chi connectivity index (χ0) is 19.0. The van der Waals surface area contributed by atoms with Crippen molar-refractivity contribution in [1.82, 2.24) is 24.8 Å². The Labute approximate surface area is 161 Å². The number of nitrogens with zero attached hydrogens (tertiary/aromatic N) is 4. The molecule has 0 bridgehead atoms. The van der Waals surface area contributed by atoms with Crippen molar-refractivity contribution in [3.8, 4) is 0 Å². The number of aromatic amines is 1. The number of rotatable bonds is 4. The molecule has 142 valence electrons. The molecule has 1 N–H and O–H groups in total. The predicted molar refractivity (Wildman–Crippen MR) is 109 cm³/mol. The smallest absolute Gasteiger partial charge is 0.177 e. The Morgan fingerprint density at radius 3 is 2.63 bits per heavy atom. The van der Waals surface area contributed by atoms with Crippen LogP contribution in [0.25, 0.3) is 11.2 Å². The molecule has 4 rings (SSSR count). The highest BCUT2D eigenvalue weighted by Crippen LogP contribution is 2.34. The van der Waals surface area contributed by atoms with Gasteiger partial charge in [0.05, 0.1) is 11.2 Å². The Kier molecular flexibility index (Phi) is 4.72. The minimum atomic E-state index is 0.297. The van der Waals surface area contributed by atoms with Crippen molar-refractivity contribution in [3.05, 3.63) is 52.7 Å². The molecule has 0 radical (unpaired) electrons. The third-order valence-corrected chi connectivity index (χ3v) is 5.54. The van der Waals surface area contributed by atoms with Crippen LogP contribution >= 0.6 is 0 Å². The third kappa shape index (κ3) is 4.19. The highest BCUT2D eigenvalue weighted by molar-refractivity contribution is 5.70. The molecular weight excluding hydrogens is 334 g/mol. The topological polar surface area (TPSA) is 57.7 Å². The van der Waals surface area contributed by atoms with Gasteiger partial charge in [-0.2, -0.15) is 0 Å². The Morgan fingerprint density at radius 2 is 1.85 bits per heavy atom. The molecule has 0 aliphatic carbocycles. The number of fused-ring (bicyclic) bond motifs is 1. The van der Waals surface area contributed by atoms with Crippen LogP contribution in [0.1, 0.15) is 48.2 Å². The van der Waals surface area contributed by atoms with Gasteiger partial charge in [0.15, 0.2) is 5.65 Å². The number of nitrogens with one attached hydrogen (secondary N) is 1. The summed E-state index contributed by atoms with van der Waals surface area (Å²) in [6.45, 7) is 11.7. The number of aromatic nitrogens is 4. The molecule has 1 fully saturated rings. The maximum Gasteiger partial charge on any atom is 0.177 e. The van der Waals surface area contributed by atoms with Crippen LogP contribution < -0.4 is 0 Å². The molecule has 3 aromatic heterocycles. The number of likely N-dealkylation sites (tertiary alicyclic amines) is 1. The van der Waals surface area contributed by atoms with Crippen molar-refractivity contribution in [3.63, 3.8) is 0 Å². The molecule has 3 aromatic rings. The lowest BCUT2D eigenvalue weighted by molar-refractivity contribution is 0.0960. The van der Waals surface area contributed by atoms with E-state index in [0.717, 1.165) is 60.1 Å². The fourth-order valence-corrected chi connectivity index (χ4v) is 4.59. The van der Waals surface area contributed by atoms with Gasteiger partial charge in [-0.15, -0.1) is 0 Å². The van der Waals surface area contributed by atoms with Crippen molar-refractivity contribution in [2.24, 2.45) is 5.41 Å². The number of piperidine rings is 1. The van der Waals surface area contributed by atoms with Crippen molar-refractivity contribution in [2.45, 2.75) is 53.5 Å². The van der Waals surface area contributed by atoms with Gasteiger partial charge in [-0.25, -0.2) is 9.97 Å². The molecule has 1 aliphatic rings. The van der Waals surface area contributed by atoms with E-state index in [1.807, 2.05) is 6.92 Å². The van der Waals surface area contributed by atoms with Crippen molar-refractivity contribution >= 4 is 11.2 Å². The number of aryl methyl sites for hydroxylation is 3. The van der Waals surface area contributed by atoms with Gasteiger partial charge in [-0.1, -0.05) is 6.92 Å². The summed E-state index contributed by atoms with van der Waals surface area (Å²) in [6.07, 6.45) is 3.62. The van der Waals surface area contributed by atoms with E-state index in [9.17, 15) is 0 Å². The first kappa shape index (κ1) is 18.1. The third-order valence-electron chi connectivity index (χ3n) is 5.54. The second kappa shape index (κ2) is 7.04. The number of hydrogen-bond donors (Lipinski definition) is 1. The van der Waals surface area contributed by atoms with Gasteiger partial charge in [0.25, 0.3) is 0 Å². The van der Waals surface area contributed by atoms with Crippen molar-refractivity contribution in [1.29, 1.82) is 0 Å². The summed E-state index contributed by atoms with van der Waals surface area (Å²) in [6, 6.07) is 8.71. The van der Waals surface area contributed by atoms with Gasteiger partial charge < -0.3 is 4.98 Å². The lowest BCUT2D eigenvalue weighted by Gasteiger charge is -2.40. The van der Waals surface area contributed by atoms with E-state index >= 15 is 0 Å². The van der Waals surface area contributed by atoms with Gasteiger partial charge in [0, 0.05) is 24.5 Å². The Hall–Kier alpha value is -2.27. The van der Waals surface area contributed by atoms with E-state index in [1.165, 1.54) is 18.4 Å². The van der Waals surface area contributed by atoms with Crippen LogP contribution in [0.5, 0.6) is 0 Å². The molecule has 5 nitrogen and oxygen atoms in total. The van der Waals surface area contributed by atoms with Crippen LogP contribution in [0.3, 0.4) is 0 Å².